The van der Waals surface area contributed by atoms with E-state index in [0.717, 1.165) is 40.6 Å². The first kappa shape index (κ1) is 17.5. The van der Waals surface area contributed by atoms with Gasteiger partial charge in [-0.3, -0.25) is 4.79 Å². The Morgan fingerprint density at radius 2 is 1.92 bits per heavy atom. The Morgan fingerprint density at radius 3 is 2.56 bits per heavy atom. The molecule has 0 bridgehead atoms. The molecule has 7 heteroatoms. The van der Waals surface area contributed by atoms with Crippen LogP contribution in [-0.4, -0.2) is 21.0 Å². The molecule has 130 valence electrons. The van der Waals surface area contributed by atoms with Crippen LogP contribution in [0.1, 0.15) is 28.5 Å². The molecule has 1 aromatic carbocycles. The predicted molar refractivity (Wildman–Crippen MR) is 91.9 cm³/mol. The number of aromatic amines is 1. The number of carbonyl (C=O) groups excluding carboxylic acids is 1. The summed E-state index contributed by atoms with van der Waals surface area (Å²) in [7, 11) is 0. The molecule has 1 unspecified atom stereocenters. The Balaban J connectivity index is 1.82. The highest BCUT2D eigenvalue weighted by Crippen LogP contribution is 2.32. The van der Waals surface area contributed by atoms with E-state index in [0.29, 0.717) is 10.6 Å². The Labute approximate surface area is 146 Å². The van der Waals surface area contributed by atoms with Crippen LogP contribution < -0.4 is 0 Å². The zero-order valence-corrected chi connectivity index (χ0v) is 14.3. The van der Waals surface area contributed by atoms with E-state index in [-0.39, 0.29) is 5.78 Å². The van der Waals surface area contributed by atoms with Gasteiger partial charge >= 0.3 is 6.18 Å². The number of aryl methyl sites for hydroxylation is 1. The lowest BCUT2D eigenvalue weighted by molar-refractivity contribution is -0.137. The van der Waals surface area contributed by atoms with Crippen LogP contribution in [0.15, 0.2) is 47.6 Å². The van der Waals surface area contributed by atoms with Crippen LogP contribution >= 0.6 is 11.8 Å². The number of aromatic nitrogens is 2. The van der Waals surface area contributed by atoms with Crippen molar-refractivity contribution in [1.29, 1.82) is 0 Å². The molecule has 0 radical (unpaired) electrons. The summed E-state index contributed by atoms with van der Waals surface area (Å²) in [6, 6.07) is 9.79. The van der Waals surface area contributed by atoms with Crippen molar-refractivity contribution in [2.24, 2.45) is 0 Å². The van der Waals surface area contributed by atoms with E-state index in [4.69, 9.17) is 0 Å². The van der Waals surface area contributed by atoms with Crippen LogP contribution in [0.2, 0.25) is 0 Å². The molecule has 1 atom stereocenters. The number of nitrogens with one attached hydrogen (secondary N) is 1. The number of nitrogens with zero attached hydrogens (tertiary/aromatic N) is 1. The summed E-state index contributed by atoms with van der Waals surface area (Å²) in [4.78, 5) is 19.8. The average Bonchev–Trinajstić information content (AvgIpc) is 2.89. The number of para-hydroxylation sites is 1. The van der Waals surface area contributed by atoms with Gasteiger partial charge < -0.3 is 4.98 Å². The number of benzene rings is 1. The molecule has 0 aliphatic carbocycles. The monoisotopic (exact) mass is 364 g/mol. The number of ketones is 1. The van der Waals surface area contributed by atoms with Gasteiger partial charge in [0.1, 0.15) is 0 Å². The minimum atomic E-state index is -4.42. The van der Waals surface area contributed by atoms with Crippen molar-refractivity contribution in [1.82, 2.24) is 9.97 Å². The maximum atomic E-state index is 12.8. The highest BCUT2D eigenvalue weighted by Gasteiger charge is 2.31. The number of halogens is 3. The fourth-order valence-corrected chi connectivity index (χ4v) is 3.50. The van der Waals surface area contributed by atoms with Gasteiger partial charge in [0.25, 0.3) is 0 Å². The van der Waals surface area contributed by atoms with E-state index in [1.807, 2.05) is 31.2 Å². The number of Topliss-reactive ketones (excluding diaryl/α,β-unsaturated/α-hetero) is 1. The number of alkyl halides is 3. The summed E-state index contributed by atoms with van der Waals surface area (Å²) < 4.78 is 37.8. The molecule has 0 saturated carbocycles. The number of pyridine rings is 1. The smallest absolute Gasteiger partial charge is 0.358 e. The van der Waals surface area contributed by atoms with Gasteiger partial charge in [-0.15, -0.1) is 0 Å². The van der Waals surface area contributed by atoms with Crippen molar-refractivity contribution in [2.75, 3.05) is 0 Å². The average molecular weight is 364 g/mol. The molecule has 25 heavy (non-hydrogen) atoms. The molecular weight excluding hydrogens is 349 g/mol. The lowest BCUT2D eigenvalue weighted by Gasteiger charge is -2.11. The number of hydrogen-bond donors (Lipinski definition) is 1. The van der Waals surface area contributed by atoms with E-state index >= 15 is 0 Å². The maximum Gasteiger partial charge on any atom is 0.417 e. The predicted octanol–water partition coefficient (Wildman–Crippen LogP) is 5.25. The van der Waals surface area contributed by atoms with Crippen LogP contribution in [0.5, 0.6) is 0 Å². The summed E-state index contributed by atoms with van der Waals surface area (Å²) >= 11 is 1.14. The van der Waals surface area contributed by atoms with Crippen LogP contribution in [0, 0.1) is 6.92 Å². The highest BCUT2D eigenvalue weighted by molar-refractivity contribution is 8.00. The van der Waals surface area contributed by atoms with E-state index in [2.05, 4.69) is 9.97 Å². The van der Waals surface area contributed by atoms with E-state index in [1.54, 1.807) is 6.92 Å². The largest absolute Gasteiger partial charge is 0.417 e. The van der Waals surface area contributed by atoms with Crippen molar-refractivity contribution in [3.05, 3.63) is 59.4 Å². The fraction of sp³-hybridized carbons (Fsp3) is 0.222. The van der Waals surface area contributed by atoms with E-state index in [9.17, 15) is 18.0 Å². The minimum Gasteiger partial charge on any atom is -0.358 e. The number of hydrogen-bond acceptors (Lipinski definition) is 3. The summed E-state index contributed by atoms with van der Waals surface area (Å²) in [5.41, 5.74) is 1.47. The fourth-order valence-electron chi connectivity index (χ4n) is 2.65. The van der Waals surface area contributed by atoms with Crippen molar-refractivity contribution < 1.29 is 18.0 Å². The van der Waals surface area contributed by atoms with Gasteiger partial charge in [-0.2, -0.15) is 13.2 Å². The van der Waals surface area contributed by atoms with Crippen molar-refractivity contribution in [3.8, 4) is 0 Å². The molecule has 0 spiro atoms. The molecule has 0 aliphatic rings. The highest BCUT2D eigenvalue weighted by atomic mass is 32.2. The SMILES string of the molecule is Cc1[nH]c2ccccc2c1C(=O)C(C)Sc1ccc(C(F)(F)F)cn1. The molecule has 3 rings (SSSR count). The first-order valence-corrected chi connectivity index (χ1v) is 8.47. The Bertz CT molecular complexity index is 916. The Kier molecular flexibility index (Phi) is 4.60. The standard InChI is InChI=1S/C18H15F3N2OS/c1-10-16(13-5-3-4-6-14(13)23-10)17(24)11(2)25-15-8-7-12(9-22-15)18(19,20)21/h3-9,11,23H,1-2H3. The van der Waals surface area contributed by atoms with Gasteiger partial charge in [-0.05, 0) is 32.0 Å². The third kappa shape index (κ3) is 3.56. The van der Waals surface area contributed by atoms with E-state index < -0.39 is 17.0 Å². The topological polar surface area (TPSA) is 45.8 Å². The number of thioether (sulfide) groups is 1. The molecule has 3 nitrogen and oxygen atoms in total. The lowest BCUT2D eigenvalue weighted by atomic mass is 10.1. The van der Waals surface area contributed by atoms with Gasteiger partial charge in [-0.1, -0.05) is 30.0 Å². The molecule has 1 N–H and O–H groups in total. The third-order valence-electron chi connectivity index (χ3n) is 3.87. The summed E-state index contributed by atoms with van der Waals surface area (Å²) in [6.45, 7) is 3.56. The molecule has 0 amide bonds. The van der Waals surface area contributed by atoms with Crippen molar-refractivity contribution in [3.63, 3.8) is 0 Å². The molecule has 0 fully saturated rings. The summed E-state index contributed by atoms with van der Waals surface area (Å²) in [6.07, 6.45) is -3.63. The van der Waals surface area contributed by atoms with Gasteiger partial charge in [0.2, 0.25) is 0 Å². The first-order valence-electron chi connectivity index (χ1n) is 7.59. The second-order valence-electron chi connectivity index (χ2n) is 5.68. The molecule has 2 heterocycles. The van der Waals surface area contributed by atoms with E-state index in [1.165, 1.54) is 6.07 Å². The zero-order valence-electron chi connectivity index (χ0n) is 13.5. The maximum absolute atomic E-state index is 12.8. The molecular formula is C18H15F3N2OS. The Hall–Kier alpha value is -2.28. The van der Waals surface area contributed by atoms with Crippen molar-refractivity contribution >= 4 is 28.4 Å². The van der Waals surface area contributed by atoms with Gasteiger partial charge in [0, 0.05) is 28.4 Å². The van der Waals surface area contributed by atoms with Crippen LogP contribution in [0.25, 0.3) is 10.9 Å². The lowest BCUT2D eigenvalue weighted by Crippen LogP contribution is -2.14. The minimum absolute atomic E-state index is 0.0818. The molecule has 0 aliphatic heterocycles. The van der Waals surface area contributed by atoms with Crippen molar-refractivity contribution in [2.45, 2.75) is 30.3 Å². The molecule has 2 aromatic heterocycles. The second kappa shape index (κ2) is 6.55. The van der Waals surface area contributed by atoms with Gasteiger partial charge in [-0.25, -0.2) is 4.98 Å². The normalized spacial score (nSPS) is 13.2. The zero-order chi connectivity index (χ0) is 18.2. The number of carbonyl (C=O) groups is 1. The Morgan fingerprint density at radius 1 is 1.20 bits per heavy atom. The number of rotatable bonds is 4. The second-order valence-corrected chi connectivity index (χ2v) is 7.04. The van der Waals surface area contributed by atoms with Crippen LogP contribution in [-0.2, 0) is 6.18 Å². The number of fused-ring (bicyclic) bond motifs is 1. The summed E-state index contributed by atoms with van der Waals surface area (Å²) in [5.74, 6) is -0.0818. The number of H-pyrrole nitrogens is 1. The summed E-state index contributed by atoms with van der Waals surface area (Å²) in [5, 5.41) is 0.756. The quantitative estimate of drug-likeness (QED) is 0.508. The molecule has 3 aromatic rings. The van der Waals surface area contributed by atoms with Gasteiger partial charge in [0.05, 0.1) is 15.8 Å². The molecule has 0 saturated heterocycles. The first-order chi connectivity index (χ1) is 11.8. The third-order valence-corrected chi connectivity index (χ3v) is 4.92. The van der Waals surface area contributed by atoms with Crippen LogP contribution in [0.3, 0.4) is 0 Å². The van der Waals surface area contributed by atoms with Crippen LogP contribution in [0.4, 0.5) is 13.2 Å². The van der Waals surface area contributed by atoms with Gasteiger partial charge in [0.15, 0.2) is 5.78 Å².